The summed E-state index contributed by atoms with van der Waals surface area (Å²) in [5, 5.41) is 12.2. The molecule has 0 aromatic carbocycles. The van der Waals surface area contributed by atoms with Gasteiger partial charge in [-0.3, -0.25) is 13.9 Å². The fourth-order valence-electron chi connectivity index (χ4n) is 1.37. The van der Waals surface area contributed by atoms with Gasteiger partial charge in [0, 0.05) is 0 Å². The lowest BCUT2D eigenvalue weighted by molar-refractivity contribution is -0.142. The molecule has 19 heavy (non-hydrogen) atoms. The number of allylic oxidation sites excluding steroid dienone is 2. The van der Waals surface area contributed by atoms with E-state index in [1.165, 1.54) is 19.9 Å². The van der Waals surface area contributed by atoms with E-state index in [0.717, 1.165) is 4.57 Å². The number of nitrogens with zero attached hydrogens (tertiary/aromatic N) is 2. The zero-order valence-electron chi connectivity index (χ0n) is 10.7. The van der Waals surface area contributed by atoms with Crippen molar-refractivity contribution in [3.8, 4) is 0 Å². The molecule has 106 valence electrons. The van der Waals surface area contributed by atoms with Gasteiger partial charge in [0.05, 0.1) is 6.54 Å². The Balaban J connectivity index is 2.60. The Morgan fingerprint density at radius 2 is 2.32 bits per heavy atom. The summed E-state index contributed by atoms with van der Waals surface area (Å²) in [6.07, 6.45) is 1.45. The number of aliphatic carboxylic acids is 1. The van der Waals surface area contributed by atoms with E-state index >= 15 is 0 Å². The zero-order chi connectivity index (χ0) is 14.6. The van der Waals surface area contributed by atoms with Crippen molar-refractivity contribution >= 4 is 5.97 Å². The first-order chi connectivity index (χ1) is 8.74. The second kappa shape index (κ2) is 5.79. The van der Waals surface area contributed by atoms with E-state index in [9.17, 15) is 14.0 Å². The highest BCUT2D eigenvalue weighted by Crippen LogP contribution is 2.12. The SMILES string of the molecule is Cc1noc(=O)n1C/C(F)=C\CCC(C)(N)C(=O)O. The van der Waals surface area contributed by atoms with Crippen molar-refractivity contribution in [3.63, 3.8) is 0 Å². The molecule has 1 unspecified atom stereocenters. The average molecular weight is 273 g/mol. The maximum absolute atomic E-state index is 13.5. The predicted molar refractivity (Wildman–Crippen MR) is 64.2 cm³/mol. The highest BCUT2D eigenvalue weighted by atomic mass is 19.1. The molecule has 0 fully saturated rings. The Morgan fingerprint density at radius 3 is 2.79 bits per heavy atom. The van der Waals surface area contributed by atoms with Crippen LogP contribution in [0.1, 0.15) is 25.6 Å². The first-order valence-corrected chi connectivity index (χ1v) is 5.64. The van der Waals surface area contributed by atoms with E-state index in [1.54, 1.807) is 0 Å². The molecular formula is C11H16FN3O4. The number of carboxylic acids is 1. The molecule has 0 amide bonds. The van der Waals surface area contributed by atoms with Gasteiger partial charge in [-0.25, -0.2) is 9.18 Å². The maximum Gasteiger partial charge on any atom is 0.441 e. The van der Waals surface area contributed by atoms with Gasteiger partial charge in [-0.1, -0.05) is 11.2 Å². The monoisotopic (exact) mass is 273 g/mol. The van der Waals surface area contributed by atoms with E-state index in [0.29, 0.717) is 0 Å². The minimum absolute atomic E-state index is 0.0905. The zero-order valence-corrected chi connectivity index (χ0v) is 10.7. The second-order valence-electron chi connectivity index (χ2n) is 4.49. The molecule has 8 heteroatoms. The van der Waals surface area contributed by atoms with Crippen LogP contribution in [0.25, 0.3) is 0 Å². The van der Waals surface area contributed by atoms with E-state index in [-0.39, 0.29) is 25.2 Å². The lowest BCUT2D eigenvalue weighted by Crippen LogP contribution is -2.44. The molecule has 0 aliphatic heterocycles. The Labute approximate surface area is 108 Å². The number of carbonyl (C=O) groups is 1. The molecule has 0 saturated heterocycles. The van der Waals surface area contributed by atoms with E-state index in [2.05, 4.69) is 9.68 Å². The largest absolute Gasteiger partial charge is 0.480 e. The number of aryl methyl sites for hydroxylation is 1. The van der Waals surface area contributed by atoms with E-state index in [1.807, 2.05) is 0 Å². The lowest BCUT2D eigenvalue weighted by atomic mass is 9.97. The number of hydrogen-bond acceptors (Lipinski definition) is 5. The van der Waals surface area contributed by atoms with Crippen LogP contribution in [0.4, 0.5) is 4.39 Å². The standard InChI is InChI=1S/C11H16FN3O4/c1-7-14-19-10(18)15(7)6-8(12)4-3-5-11(2,13)9(16)17/h4H,3,5-6,13H2,1-2H3,(H,16,17)/b8-4+. The highest BCUT2D eigenvalue weighted by molar-refractivity contribution is 5.77. The minimum Gasteiger partial charge on any atom is -0.480 e. The summed E-state index contributed by atoms with van der Waals surface area (Å²) >= 11 is 0. The second-order valence-corrected chi connectivity index (χ2v) is 4.49. The van der Waals surface area contributed by atoms with Crippen molar-refractivity contribution in [2.75, 3.05) is 0 Å². The van der Waals surface area contributed by atoms with Crippen LogP contribution in [-0.4, -0.2) is 26.3 Å². The molecule has 1 heterocycles. The molecule has 1 aromatic heterocycles. The number of rotatable bonds is 6. The first kappa shape index (κ1) is 15.1. The Morgan fingerprint density at radius 1 is 1.68 bits per heavy atom. The third-order valence-corrected chi connectivity index (χ3v) is 2.69. The third-order valence-electron chi connectivity index (χ3n) is 2.69. The third kappa shape index (κ3) is 4.02. The van der Waals surface area contributed by atoms with Gasteiger partial charge in [0.1, 0.15) is 11.4 Å². The molecule has 0 aliphatic rings. The van der Waals surface area contributed by atoms with Gasteiger partial charge >= 0.3 is 11.7 Å². The van der Waals surface area contributed by atoms with Gasteiger partial charge in [0.25, 0.3) is 0 Å². The summed E-state index contributed by atoms with van der Waals surface area (Å²) in [4.78, 5) is 21.9. The molecule has 0 spiro atoms. The summed E-state index contributed by atoms with van der Waals surface area (Å²) in [6.45, 7) is 2.58. The van der Waals surface area contributed by atoms with E-state index < -0.39 is 23.1 Å². The average Bonchev–Trinajstić information content (AvgIpc) is 2.60. The van der Waals surface area contributed by atoms with Crippen molar-refractivity contribution < 1.29 is 18.8 Å². The van der Waals surface area contributed by atoms with Crippen LogP contribution < -0.4 is 11.5 Å². The predicted octanol–water partition coefficient (Wildman–Crippen LogP) is 0.580. The fourth-order valence-corrected chi connectivity index (χ4v) is 1.37. The number of halogens is 1. The van der Waals surface area contributed by atoms with Crippen molar-refractivity contribution in [1.29, 1.82) is 0 Å². The molecule has 1 aromatic rings. The van der Waals surface area contributed by atoms with Crippen molar-refractivity contribution in [3.05, 3.63) is 28.3 Å². The van der Waals surface area contributed by atoms with Crippen molar-refractivity contribution in [2.45, 2.75) is 38.8 Å². The van der Waals surface area contributed by atoms with Crippen molar-refractivity contribution in [1.82, 2.24) is 9.72 Å². The van der Waals surface area contributed by atoms with Crippen molar-refractivity contribution in [2.24, 2.45) is 5.73 Å². The molecule has 1 rings (SSSR count). The number of carboxylic acid groups (broad SMARTS) is 1. The molecule has 0 radical (unpaired) electrons. The topological polar surface area (TPSA) is 111 Å². The van der Waals surface area contributed by atoms with Gasteiger partial charge < -0.3 is 10.8 Å². The van der Waals surface area contributed by atoms with Crippen LogP contribution in [0, 0.1) is 6.92 Å². The summed E-state index contributed by atoms with van der Waals surface area (Å²) in [6, 6.07) is 0. The van der Waals surface area contributed by atoms with Gasteiger partial charge in [-0.15, -0.1) is 0 Å². The van der Waals surface area contributed by atoms with Gasteiger partial charge in [-0.05, 0) is 26.7 Å². The van der Waals surface area contributed by atoms with Gasteiger partial charge in [-0.2, -0.15) is 0 Å². The van der Waals surface area contributed by atoms with Crippen LogP contribution in [0.15, 0.2) is 21.2 Å². The van der Waals surface area contributed by atoms with Crippen LogP contribution in [0.5, 0.6) is 0 Å². The summed E-state index contributed by atoms with van der Waals surface area (Å²) in [5.41, 5.74) is 4.10. The van der Waals surface area contributed by atoms with Crippen LogP contribution >= 0.6 is 0 Å². The van der Waals surface area contributed by atoms with Crippen LogP contribution in [0.3, 0.4) is 0 Å². The van der Waals surface area contributed by atoms with Crippen LogP contribution in [0.2, 0.25) is 0 Å². The normalized spacial score (nSPS) is 15.3. The smallest absolute Gasteiger partial charge is 0.441 e. The summed E-state index contributed by atoms with van der Waals surface area (Å²) < 4.78 is 18.9. The molecular weight excluding hydrogens is 257 g/mol. The fraction of sp³-hybridized carbons (Fsp3) is 0.545. The number of aromatic nitrogens is 2. The quantitative estimate of drug-likeness (QED) is 0.784. The maximum atomic E-state index is 13.5. The Kier molecular flexibility index (Phi) is 4.60. The van der Waals surface area contributed by atoms with Gasteiger partial charge in [0.2, 0.25) is 0 Å². The number of hydrogen-bond donors (Lipinski definition) is 2. The molecule has 7 nitrogen and oxygen atoms in total. The molecule has 1 atom stereocenters. The summed E-state index contributed by atoms with van der Waals surface area (Å²) in [5.74, 6) is -2.19. The Hall–Kier alpha value is -1.96. The lowest BCUT2D eigenvalue weighted by Gasteiger charge is -2.17. The first-order valence-electron chi connectivity index (χ1n) is 5.64. The van der Waals surface area contributed by atoms with Crippen LogP contribution in [-0.2, 0) is 11.3 Å². The molecule has 0 aliphatic carbocycles. The molecule has 0 bridgehead atoms. The summed E-state index contributed by atoms with van der Waals surface area (Å²) in [7, 11) is 0. The molecule has 0 saturated carbocycles. The number of nitrogens with two attached hydrogens (primary N) is 1. The highest BCUT2D eigenvalue weighted by Gasteiger charge is 2.26. The Bertz CT molecular complexity index is 544. The van der Waals surface area contributed by atoms with Gasteiger partial charge in [0.15, 0.2) is 5.82 Å². The molecule has 3 N–H and O–H groups in total. The van der Waals surface area contributed by atoms with E-state index in [4.69, 9.17) is 10.8 Å². The minimum atomic E-state index is -1.40.